The zero-order valence-corrected chi connectivity index (χ0v) is 17.9. The molecule has 1 saturated carbocycles. The molecule has 6 nitrogen and oxygen atoms in total. The first-order valence-corrected chi connectivity index (χ1v) is 11.3. The van der Waals surface area contributed by atoms with E-state index in [0.29, 0.717) is 11.5 Å². The highest BCUT2D eigenvalue weighted by Crippen LogP contribution is 2.27. The van der Waals surface area contributed by atoms with Gasteiger partial charge in [-0.15, -0.1) is 0 Å². The zero-order chi connectivity index (χ0) is 20.5. The second-order valence-electron chi connectivity index (χ2n) is 8.79. The van der Waals surface area contributed by atoms with Crippen LogP contribution in [0.5, 0.6) is 0 Å². The van der Waals surface area contributed by atoms with Crippen LogP contribution in [0.3, 0.4) is 0 Å². The second-order valence-corrected chi connectivity index (χ2v) is 11.3. The largest absolute Gasteiger partial charge is 0.423 e. The molecule has 0 unspecified atom stereocenters. The third-order valence-electron chi connectivity index (χ3n) is 5.52. The number of nitrogens with one attached hydrogen (secondary N) is 2. The molecular weight excluding hydrogens is 376 g/mol. The fourth-order valence-electron chi connectivity index (χ4n) is 3.58. The quantitative estimate of drug-likeness (QED) is 0.738. The first-order valence-electron chi connectivity index (χ1n) is 9.85. The molecule has 7 heteroatoms. The molecule has 1 heterocycles. The molecule has 2 N–H and O–H groups in total. The molecule has 28 heavy (non-hydrogen) atoms. The minimum absolute atomic E-state index is 0.0263. The van der Waals surface area contributed by atoms with E-state index in [2.05, 4.69) is 10.0 Å². The van der Waals surface area contributed by atoms with Crippen molar-refractivity contribution in [2.45, 2.75) is 64.2 Å². The zero-order valence-electron chi connectivity index (χ0n) is 17.0. The number of fused-ring (bicyclic) bond motifs is 1. The van der Waals surface area contributed by atoms with Gasteiger partial charge in [0.25, 0.3) is 0 Å². The maximum absolute atomic E-state index is 12.3. The van der Waals surface area contributed by atoms with Crippen LogP contribution in [-0.2, 0) is 10.0 Å². The van der Waals surface area contributed by atoms with Gasteiger partial charge in [-0.05, 0) is 77.0 Å². The van der Waals surface area contributed by atoms with Gasteiger partial charge < -0.3 is 9.73 Å². The summed E-state index contributed by atoms with van der Waals surface area (Å²) >= 11 is 0. The lowest BCUT2D eigenvalue weighted by Gasteiger charge is -2.31. The Kier molecular flexibility index (Phi) is 5.87. The van der Waals surface area contributed by atoms with Gasteiger partial charge >= 0.3 is 5.63 Å². The molecule has 154 valence electrons. The number of benzene rings is 1. The summed E-state index contributed by atoms with van der Waals surface area (Å²) in [6, 6.07) is 7.36. The SMILES string of the molecule is Cc1cc(=O)oc2cc(NCC3CCC(NS(=O)(=O)C(C)(C)C)CC3)ccc12. The Balaban J connectivity index is 1.55. The second kappa shape index (κ2) is 7.87. The van der Waals surface area contributed by atoms with E-state index in [0.717, 1.165) is 48.9 Å². The van der Waals surface area contributed by atoms with Gasteiger partial charge in [0.05, 0.1) is 4.75 Å². The van der Waals surface area contributed by atoms with Crippen molar-refractivity contribution in [3.63, 3.8) is 0 Å². The first-order chi connectivity index (χ1) is 13.0. The lowest BCUT2D eigenvalue weighted by Crippen LogP contribution is -2.46. The van der Waals surface area contributed by atoms with Crippen LogP contribution < -0.4 is 15.7 Å². The Labute approximate surface area is 166 Å². The molecular formula is C21H30N2O4S. The monoisotopic (exact) mass is 406 g/mol. The van der Waals surface area contributed by atoms with E-state index >= 15 is 0 Å². The summed E-state index contributed by atoms with van der Waals surface area (Å²) in [5.74, 6) is 0.496. The molecule has 1 aliphatic carbocycles. The Hall–Kier alpha value is -1.86. The molecule has 1 aromatic heterocycles. The highest BCUT2D eigenvalue weighted by atomic mass is 32.2. The average molecular weight is 407 g/mol. The fraction of sp³-hybridized carbons (Fsp3) is 0.571. The van der Waals surface area contributed by atoms with Gasteiger partial charge in [-0.3, -0.25) is 0 Å². The third-order valence-corrected chi connectivity index (χ3v) is 7.78. The van der Waals surface area contributed by atoms with E-state index in [1.165, 1.54) is 6.07 Å². The van der Waals surface area contributed by atoms with Crippen LogP contribution in [0.1, 0.15) is 52.0 Å². The summed E-state index contributed by atoms with van der Waals surface area (Å²) in [6.45, 7) is 7.88. The van der Waals surface area contributed by atoms with Crippen LogP contribution in [0.2, 0.25) is 0 Å². The molecule has 0 atom stereocenters. The highest BCUT2D eigenvalue weighted by Gasteiger charge is 2.32. The van der Waals surface area contributed by atoms with Crippen LogP contribution in [0, 0.1) is 12.8 Å². The van der Waals surface area contributed by atoms with Gasteiger partial charge in [-0.2, -0.15) is 0 Å². The lowest BCUT2D eigenvalue weighted by molar-refractivity contribution is 0.322. The number of hydrogen-bond acceptors (Lipinski definition) is 5. The normalized spacial score (nSPS) is 21.0. The van der Waals surface area contributed by atoms with E-state index in [4.69, 9.17) is 4.42 Å². The van der Waals surface area contributed by atoms with E-state index in [-0.39, 0.29) is 11.7 Å². The Morgan fingerprint density at radius 3 is 2.43 bits per heavy atom. The first kappa shape index (κ1) is 20.9. The molecule has 3 rings (SSSR count). The maximum atomic E-state index is 12.3. The minimum atomic E-state index is -3.30. The molecule has 0 radical (unpaired) electrons. The van der Waals surface area contributed by atoms with Crippen molar-refractivity contribution in [2.24, 2.45) is 5.92 Å². The minimum Gasteiger partial charge on any atom is -0.423 e. The Bertz CT molecular complexity index is 997. The summed E-state index contributed by atoms with van der Waals surface area (Å²) in [6.07, 6.45) is 3.67. The number of sulfonamides is 1. The van der Waals surface area contributed by atoms with Gasteiger partial charge in [0.1, 0.15) is 5.58 Å². The van der Waals surface area contributed by atoms with E-state index in [9.17, 15) is 13.2 Å². The van der Waals surface area contributed by atoms with Crippen molar-refractivity contribution >= 4 is 26.7 Å². The maximum Gasteiger partial charge on any atom is 0.336 e. The summed E-state index contributed by atoms with van der Waals surface area (Å²) in [5.41, 5.74) is 2.10. The predicted molar refractivity (Wildman–Crippen MR) is 113 cm³/mol. The van der Waals surface area contributed by atoms with Crippen LogP contribution in [0.15, 0.2) is 33.5 Å². The Morgan fingerprint density at radius 2 is 1.79 bits per heavy atom. The van der Waals surface area contributed by atoms with Crippen molar-refractivity contribution in [3.05, 3.63) is 40.2 Å². The molecule has 1 aliphatic rings. The van der Waals surface area contributed by atoms with E-state index in [1.54, 1.807) is 20.8 Å². The van der Waals surface area contributed by atoms with Crippen molar-refractivity contribution in [1.82, 2.24) is 4.72 Å². The standard InChI is InChI=1S/C21H30N2O4S/c1-14-11-20(24)27-19-12-17(9-10-18(14)19)22-13-15-5-7-16(8-6-15)23-28(25,26)21(2,3)4/h9-12,15-16,22-23H,5-8,13H2,1-4H3. The average Bonchev–Trinajstić information content (AvgIpc) is 2.59. The summed E-state index contributed by atoms with van der Waals surface area (Å²) < 4.78 is 32.0. The number of hydrogen-bond donors (Lipinski definition) is 2. The van der Waals surface area contributed by atoms with Crippen molar-refractivity contribution in [3.8, 4) is 0 Å². The lowest BCUT2D eigenvalue weighted by atomic mass is 9.86. The van der Waals surface area contributed by atoms with E-state index in [1.807, 2.05) is 25.1 Å². The van der Waals surface area contributed by atoms with Crippen LogP contribution in [0.25, 0.3) is 11.0 Å². The van der Waals surface area contributed by atoms with Crippen LogP contribution in [0.4, 0.5) is 5.69 Å². The van der Waals surface area contributed by atoms with Gasteiger partial charge in [0.15, 0.2) is 0 Å². The van der Waals surface area contributed by atoms with E-state index < -0.39 is 14.8 Å². The molecule has 0 aliphatic heterocycles. The van der Waals surface area contributed by atoms with Crippen molar-refractivity contribution < 1.29 is 12.8 Å². The molecule has 0 spiro atoms. The summed E-state index contributed by atoms with van der Waals surface area (Å²) in [5, 5.41) is 4.37. The topological polar surface area (TPSA) is 88.4 Å². The van der Waals surface area contributed by atoms with Gasteiger partial charge in [-0.1, -0.05) is 0 Å². The smallest absolute Gasteiger partial charge is 0.336 e. The highest BCUT2D eigenvalue weighted by molar-refractivity contribution is 7.90. The number of anilines is 1. The Morgan fingerprint density at radius 1 is 1.11 bits per heavy atom. The number of aryl methyl sites for hydroxylation is 1. The van der Waals surface area contributed by atoms with Gasteiger partial charge in [-0.25, -0.2) is 17.9 Å². The number of rotatable bonds is 5. The molecule has 0 saturated heterocycles. The fourth-order valence-corrected chi connectivity index (χ4v) is 4.61. The van der Waals surface area contributed by atoms with Gasteiger partial charge in [0, 0.05) is 35.8 Å². The molecule has 0 amide bonds. The molecule has 0 bridgehead atoms. The summed E-state index contributed by atoms with van der Waals surface area (Å²) in [7, 11) is -3.30. The third kappa shape index (κ3) is 4.75. The molecule has 2 aromatic rings. The van der Waals surface area contributed by atoms with Crippen molar-refractivity contribution in [2.75, 3.05) is 11.9 Å². The van der Waals surface area contributed by atoms with Crippen molar-refractivity contribution in [1.29, 1.82) is 0 Å². The van der Waals surface area contributed by atoms with Crippen LogP contribution in [-0.4, -0.2) is 25.8 Å². The predicted octanol–water partition coefficient (Wildman–Crippen LogP) is 3.79. The van der Waals surface area contributed by atoms with Crippen LogP contribution >= 0.6 is 0 Å². The van der Waals surface area contributed by atoms with Gasteiger partial charge in [0.2, 0.25) is 10.0 Å². The summed E-state index contributed by atoms with van der Waals surface area (Å²) in [4.78, 5) is 11.6. The molecule has 1 fully saturated rings. The molecule has 1 aromatic carbocycles.